The molecule has 1 aliphatic rings. The maximum absolute atomic E-state index is 13.2. The fraction of sp³-hybridized carbons (Fsp3) is 0.400. The molecule has 4 heteroatoms. The number of hydrogen-bond acceptors (Lipinski definition) is 2. The van der Waals surface area contributed by atoms with Gasteiger partial charge in [-0.05, 0) is 30.7 Å². The van der Waals surface area contributed by atoms with Crippen LogP contribution in [0, 0.1) is 11.6 Å². The van der Waals surface area contributed by atoms with Gasteiger partial charge in [0.1, 0.15) is 0 Å². The Hall–Kier alpha value is -1.16. The van der Waals surface area contributed by atoms with E-state index in [1.165, 1.54) is 19.2 Å². The first kappa shape index (κ1) is 9.40. The van der Waals surface area contributed by atoms with Crippen LogP contribution in [0.5, 0.6) is 5.75 Å². The van der Waals surface area contributed by atoms with Crippen LogP contribution in [0.1, 0.15) is 18.0 Å². The summed E-state index contributed by atoms with van der Waals surface area (Å²) in [6.45, 7) is 0.903. The molecule has 76 valence electrons. The monoisotopic (exact) mass is 199 g/mol. The molecule has 0 aliphatic carbocycles. The molecule has 2 nitrogen and oxygen atoms in total. The van der Waals surface area contributed by atoms with Crippen LogP contribution in [-0.2, 0) is 0 Å². The number of methoxy groups -OCH3 is 1. The Balaban J connectivity index is 2.35. The highest BCUT2D eigenvalue weighted by molar-refractivity contribution is 5.33. The fourth-order valence-corrected chi connectivity index (χ4v) is 1.55. The van der Waals surface area contributed by atoms with Crippen LogP contribution < -0.4 is 10.1 Å². The van der Waals surface area contributed by atoms with Crippen LogP contribution >= 0.6 is 0 Å². The molecule has 1 fully saturated rings. The molecule has 0 spiro atoms. The highest BCUT2D eigenvalue weighted by Crippen LogP contribution is 2.29. The Morgan fingerprint density at radius 1 is 1.36 bits per heavy atom. The van der Waals surface area contributed by atoms with E-state index in [9.17, 15) is 8.78 Å². The lowest BCUT2D eigenvalue weighted by Gasteiger charge is -2.28. The third-order valence-corrected chi connectivity index (χ3v) is 2.45. The van der Waals surface area contributed by atoms with Crippen molar-refractivity contribution in [3.63, 3.8) is 0 Å². The molecule has 1 atom stereocenters. The van der Waals surface area contributed by atoms with Crippen molar-refractivity contribution in [3.05, 3.63) is 29.3 Å². The van der Waals surface area contributed by atoms with E-state index in [1.807, 2.05) is 0 Å². The number of benzene rings is 1. The van der Waals surface area contributed by atoms with Crippen LogP contribution in [0.2, 0.25) is 0 Å². The summed E-state index contributed by atoms with van der Waals surface area (Å²) < 4.78 is 31.1. The van der Waals surface area contributed by atoms with Crippen molar-refractivity contribution in [2.45, 2.75) is 12.5 Å². The minimum atomic E-state index is -0.642. The van der Waals surface area contributed by atoms with E-state index < -0.39 is 11.6 Å². The van der Waals surface area contributed by atoms with Crippen LogP contribution in [0.3, 0.4) is 0 Å². The molecule has 0 bridgehead atoms. The molecular weight excluding hydrogens is 188 g/mol. The standard InChI is InChI=1S/C10H11F2NO/c1-14-10-7(11)4-6(5-8(10)12)9-2-3-13-9/h4-5,9,13H,2-3H2,1H3. The predicted molar refractivity (Wildman–Crippen MR) is 48.3 cm³/mol. The van der Waals surface area contributed by atoms with E-state index in [1.54, 1.807) is 0 Å². The second-order valence-electron chi connectivity index (χ2n) is 3.31. The number of rotatable bonds is 2. The van der Waals surface area contributed by atoms with Gasteiger partial charge in [-0.2, -0.15) is 0 Å². The van der Waals surface area contributed by atoms with Gasteiger partial charge in [-0.1, -0.05) is 0 Å². The van der Waals surface area contributed by atoms with Gasteiger partial charge in [-0.15, -0.1) is 0 Å². The predicted octanol–water partition coefficient (Wildman–Crippen LogP) is 2.01. The largest absolute Gasteiger partial charge is 0.491 e. The molecule has 0 aromatic heterocycles. The van der Waals surface area contributed by atoms with Crippen molar-refractivity contribution in [1.29, 1.82) is 0 Å². The summed E-state index contributed by atoms with van der Waals surface area (Å²) in [5.74, 6) is -1.60. The minimum absolute atomic E-state index is 0.0879. The molecule has 1 aromatic carbocycles. The summed E-state index contributed by atoms with van der Waals surface area (Å²) in [6, 6.07) is 2.72. The first-order chi connectivity index (χ1) is 6.72. The van der Waals surface area contributed by atoms with Crippen molar-refractivity contribution in [2.24, 2.45) is 0 Å². The van der Waals surface area contributed by atoms with Crippen molar-refractivity contribution in [1.82, 2.24) is 5.32 Å². The van der Waals surface area contributed by atoms with Crippen LogP contribution in [0.25, 0.3) is 0 Å². The zero-order chi connectivity index (χ0) is 10.1. The quantitative estimate of drug-likeness (QED) is 0.786. The molecule has 2 rings (SSSR count). The van der Waals surface area contributed by atoms with Crippen LogP contribution in [0.4, 0.5) is 8.78 Å². The summed E-state index contributed by atoms with van der Waals surface area (Å²) in [7, 11) is 1.25. The van der Waals surface area contributed by atoms with E-state index in [-0.39, 0.29) is 11.8 Å². The third kappa shape index (κ3) is 1.46. The van der Waals surface area contributed by atoms with Crippen LogP contribution in [-0.4, -0.2) is 13.7 Å². The van der Waals surface area contributed by atoms with E-state index in [0.717, 1.165) is 13.0 Å². The van der Waals surface area contributed by atoms with Crippen molar-refractivity contribution in [3.8, 4) is 5.75 Å². The Labute approximate surface area is 80.9 Å². The summed E-state index contributed by atoms with van der Waals surface area (Å²) in [4.78, 5) is 0. The van der Waals surface area contributed by atoms with E-state index in [2.05, 4.69) is 10.1 Å². The van der Waals surface area contributed by atoms with Crippen molar-refractivity contribution in [2.75, 3.05) is 13.7 Å². The van der Waals surface area contributed by atoms with Gasteiger partial charge in [0.25, 0.3) is 0 Å². The zero-order valence-electron chi connectivity index (χ0n) is 7.81. The van der Waals surface area contributed by atoms with Crippen molar-refractivity contribution < 1.29 is 13.5 Å². The normalized spacial score (nSPS) is 20.4. The number of halogens is 2. The zero-order valence-corrected chi connectivity index (χ0v) is 7.81. The second kappa shape index (κ2) is 3.53. The molecule has 0 saturated carbocycles. The van der Waals surface area contributed by atoms with E-state index in [4.69, 9.17) is 0 Å². The maximum Gasteiger partial charge on any atom is 0.190 e. The van der Waals surface area contributed by atoms with Gasteiger partial charge in [0.2, 0.25) is 0 Å². The molecule has 14 heavy (non-hydrogen) atoms. The topological polar surface area (TPSA) is 21.3 Å². The molecule has 1 aromatic rings. The summed E-state index contributed by atoms with van der Waals surface area (Å²) in [5.41, 5.74) is 0.645. The molecule has 1 aliphatic heterocycles. The Kier molecular flexibility index (Phi) is 2.37. The third-order valence-electron chi connectivity index (χ3n) is 2.45. The lowest BCUT2D eigenvalue weighted by Crippen LogP contribution is -2.35. The molecule has 1 saturated heterocycles. The molecule has 1 unspecified atom stereocenters. The highest BCUT2D eigenvalue weighted by atomic mass is 19.1. The first-order valence-electron chi connectivity index (χ1n) is 4.48. The van der Waals surface area contributed by atoms with Gasteiger partial charge in [0.05, 0.1) is 7.11 Å². The smallest absolute Gasteiger partial charge is 0.190 e. The Bertz CT molecular complexity index is 327. The summed E-state index contributed by atoms with van der Waals surface area (Å²) >= 11 is 0. The maximum atomic E-state index is 13.2. The van der Waals surface area contributed by atoms with E-state index >= 15 is 0 Å². The lowest BCUT2D eigenvalue weighted by molar-refractivity contribution is 0.350. The Morgan fingerprint density at radius 2 is 1.93 bits per heavy atom. The van der Waals surface area contributed by atoms with Crippen LogP contribution in [0.15, 0.2) is 12.1 Å². The average molecular weight is 199 g/mol. The molecule has 1 heterocycles. The average Bonchev–Trinajstić information content (AvgIpc) is 2.00. The molecule has 1 N–H and O–H groups in total. The lowest BCUT2D eigenvalue weighted by atomic mass is 9.98. The molecular formula is C10H11F2NO. The van der Waals surface area contributed by atoms with Gasteiger partial charge in [0, 0.05) is 6.04 Å². The van der Waals surface area contributed by atoms with Gasteiger partial charge < -0.3 is 10.1 Å². The highest BCUT2D eigenvalue weighted by Gasteiger charge is 2.21. The fourth-order valence-electron chi connectivity index (χ4n) is 1.55. The number of ether oxygens (including phenoxy) is 1. The van der Waals surface area contributed by atoms with Gasteiger partial charge in [-0.25, -0.2) is 8.78 Å². The Morgan fingerprint density at radius 3 is 2.29 bits per heavy atom. The summed E-state index contributed by atoms with van der Waals surface area (Å²) in [5, 5.41) is 3.08. The molecule has 0 amide bonds. The molecule has 0 radical (unpaired) electrons. The minimum Gasteiger partial charge on any atom is -0.491 e. The van der Waals surface area contributed by atoms with Crippen molar-refractivity contribution >= 4 is 0 Å². The summed E-state index contributed by atoms with van der Waals surface area (Å²) in [6.07, 6.45) is 0.922. The first-order valence-corrected chi connectivity index (χ1v) is 4.48. The van der Waals surface area contributed by atoms with E-state index in [0.29, 0.717) is 5.56 Å². The number of nitrogens with one attached hydrogen (secondary N) is 1. The number of hydrogen-bond donors (Lipinski definition) is 1. The van der Waals surface area contributed by atoms with Gasteiger partial charge >= 0.3 is 0 Å². The van der Waals surface area contributed by atoms with Gasteiger partial charge in [0.15, 0.2) is 17.4 Å². The van der Waals surface area contributed by atoms with Gasteiger partial charge in [-0.3, -0.25) is 0 Å². The second-order valence-corrected chi connectivity index (χ2v) is 3.31. The SMILES string of the molecule is COc1c(F)cc(C2CCN2)cc1F.